The van der Waals surface area contributed by atoms with Crippen molar-refractivity contribution >= 4 is 40.4 Å². The number of nitrogens with one attached hydrogen (secondary N) is 1. The van der Waals surface area contributed by atoms with Crippen molar-refractivity contribution in [2.45, 2.75) is 12.1 Å². The molecule has 11 heteroatoms. The van der Waals surface area contributed by atoms with Crippen molar-refractivity contribution in [3.63, 3.8) is 0 Å². The number of likely N-dealkylation sites (tertiary alicyclic amines) is 1. The number of nitrogens with zero attached hydrogens (tertiary/aromatic N) is 3. The third kappa shape index (κ3) is 3.70. The monoisotopic (exact) mass is 434 g/mol. The molecule has 28 heavy (non-hydrogen) atoms. The number of aromatic nitrogens is 2. The van der Waals surface area contributed by atoms with Crippen LogP contribution in [0.25, 0.3) is 0 Å². The molecule has 2 heterocycles. The van der Waals surface area contributed by atoms with Crippen molar-refractivity contribution in [2.24, 2.45) is 13.0 Å². The summed E-state index contributed by atoms with van der Waals surface area (Å²) in [5.41, 5.74) is -1.69. The second kappa shape index (κ2) is 7.32. The molecule has 1 saturated heterocycles. The van der Waals surface area contributed by atoms with Gasteiger partial charge in [0.2, 0.25) is 5.91 Å². The SMILES string of the molecule is CN1C[C@H](c2cc(Cl)n(C)n2)[C@@H](C(=O)Nc2cccc(F)c2C(F)(F)F)C1=S. The lowest BCUT2D eigenvalue weighted by Gasteiger charge is -2.19. The molecule has 0 spiro atoms. The molecule has 3 rings (SSSR count). The van der Waals surface area contributed by atoms with Gasteiger partial charge in [-0.2, -0.15) is 18.3 Å². The summed E-state index contributed by atoms with van der Waals surface area (Å²) in [7, 11) is 3.30. The molecule has 0 saturated carbocycles. The van der Waals surface area contributed by atoms with E-state index in [9.17, 15) is 22.4 Å². The van der Waals surface area contributed by atoms with E-state index in [0.29, 0.717) is 23.5 Å². The zero-order chi connectivity index (χ0) is 20.8. The van der Waals surface area contributed by atoms with Crippen molar-refractivity contribution in [3.05, 3.63) is 46.5 Å². The number of likely N-dealkylation sites (N-methyl/N-ethyl adjacent to an activating group) is 1. The first kappa shape index (κ1) is 20.5. The van der Waals surface area contributed by atoms with Gasteiger partial charge in [-0.1, -0.05) is 29.9 Å². The minimum atomic E-state index is -4.96. The smallest absolute Gasteiger partial charge is 0.368 e. The molecule has 1 amide bonds. The number of hydrogen-bond acceptors (Lipinski definition) is 3. The largest absolute Gasteiger partial charge is 0.421 e. The lowest BCUT2D eigenvalue weighted by atomic mass is 9.92. The zero-order valence-corrected chi connectivity index (χ0v) is 16.3. The van der Waals surface area contributed by atoms with Crippen molar-refractivity contribution in [1.29, 1.82) is 0 Å². The Balaban J connectivity index is 1.95. The molecule has 1 aliphatic rings. The minimum absolute atomic E-state index is 0.259. The van der Waals surface area contributed by atoms with E-state index in [4.69, 9.17) is 23.8 Å². The molecule has 5 nitrogen and oxygen atoms in total. The van der Waals surface area contributed by atoms with Gasteiger partial charge in [-0.3, -0.25) is 9.48 Å². The number of hydrogen-bond donors (Lipinski definition) is 1. The maximum absolute atomic E-state index is 13.8. The van der Waals surface area contributed by atoms with Crippen LogP contribution in [0.15, 0.2) is 24.3 Å². The Morgan fingerprint density at radius 2 is 2.04 bits per heavy atom. The van der Waals surface area contributed by atoms with Gasteiger partial charge < -0.3 is 10.2 Å². The quantitative estimate of drug-likeness (QED) is 0.589. The van der Waals surface area contributed by atoms with Crippen molar-refractivity contribution in [2.75, 3.05) is 18.9 Å². The fraction of sp³-hybridized carbons (Fsp3) is 0.353. The van der Waals surface area contributed by atoms with Crippen LogP contribution in [0.2, 0.25) is 5.15 Å². The second-order valence-corrected chi connectivity index (χ2v) is 7.27. The Morgan fingerprint density at radius 3 is 2.61 bits per heavy atom. The molecule has 1 N–H and O–H groups in total. The van der Waals surface area contributed by atoms with Gasteiger partial charge in [0, 0.05) is 26.6 Å². The molecule has 150 valence electrons. The molecular weight excluding hydrogens is 420 g/mol. The van der Waals surface area contributed by atoms with Gasteiger partial charge in [-0.05, 0) is 18.2 Å². The summed E-state index contributed by atoms with van der Waals surface area (Å²) in [6.45, 7) is 0.347. The number of thiocarbonyl (C=S) groups is 1. The maximum Gasteiger partial charge on any atom is 0.421 e. The normalized spacial score (nSPS) is 20.0. The summed E-state index contributed by atoms with van der Waals surface area (Å²) in [6, 6.07) is 4.36. The molecule has 0 radical (unpaired) electrons. The topological polar surface area (TPSA) is 50.2 Å². The molecule has 0 bridgehead atoms. The van der Waals surface area contributed by atoms with E-state index < -0.39 is 41.0 Å². The van der Waals surface area contributed by atoms with Gasteiger partial charge in [0.25, 0.3) is 0 Å². The van der Waals surface area contributed by atoms with Gasteiger partial charge in [0.1, 0.15) is 16.5 Å². The van der Waals surface area contributed by atoms with Gasteiger partial charge >= 0.3 is 6.18 Å². The lowest BCUT2D eigenvalue weighted by Crippen LogP contribution is -2.32. The number of halogens is 5. The van der Waals surface area contributed by atoms with E-state index in [-0.39, 0.29) is 4.99 Å². The summed E-state index contributed by atoms with van der Waals surface area (Å²) in [6.07, 6.45) is -4.96. The highest BCUT2D eigenvalue weighted by Gasteiger charge is 2.44. The van der Waals surface area contributed by atoms with Crippen LogP contribution in [0.3, 0.4) is 0 Å². The Labute approximate surface area is 168 Å². The van der Waals surface area contributed by atoms with E-state index in [1.54, 1.807) is 25.1 Å². The highest BCUT2D eigenvalue weighted by atomic mass is 35.5. The van der Waals surface area contributed by atoms with Crippen LogP contribution in [0.5, 0.6) is 0 Å². The minimum Gasteiger partial charge on any atom is -0.368 e. The Bertz CT molecular complexity index is 926. The molecule has 0 unspecified atom stereocenters. The van der Waals surface area contributed by atoms with Crippen LogP contribution >= 0.6 is 23.8 Å². The molecule has 1 aromatic heterocycles. The average Bonchev–Trinajstić information content (AvgIpc) is 3.06. The fourth-order valence-corrected chi connectivity index (χ4v) is 3.73. The van der Waals surface area contributed by atoms with Crippen LogP contribution < -0.4 is 5.32 Å². The van der Waals surface area contributed by atoms with Crippen LogP contribution in [-0.4, -0.2) is 39.2 Å². The number of carbonyl (C=O) groups is 1. The molecule has 1 aromatic carbocycles. The number of aryl methyl sites for hydroxylation is 1. The standard InChI is InChI=1S/C17H15ClF4N4OS/c1-25-7-8(11-6-12(18)26(2)24-11)13(16(25)28)15(27)23-10-5-3-4-9(19)14(10)17(20,21)22/h3-6,8,13H,7H2,1-2H3,(H,23,27)/t8-,13+/m1/s1. The van der Waals surface area contributed by atoms with Crippen LogP contribution in [0.1, 0.15) is 17.2 Å². The molecule has 2 atom stereocenters. The Hall–Kier alpha value is -2.20. The van der Waals surface area contributed by atoms with Crippen LogP contribution in [-0.2, 0) is 18.0 Å². The number of alkyl halides is 3. The van der Waals surface area contributed by atoms with Gasteiger partial charge in [-0.15, -0.1) is 0 Å². The van der Waals surface area contributed by atoms with E-state index >= 15 is 0 Å². The van der Waals surface area contributed by atoms with Gasteiger partial charge in [-0.25, -0.2) is 4.39 Å². The summed E-state index contributed by atoms with van der Waals surface area (Å²) in [5.74, 6) is -3.68. The van der Waals surface area contributed by atoms with Gasteiger partial charge in [0.05, 0.1) is 22.3 Å². The first-order valence-corrected chi connectivity index (χ1v) is 8.90. The summed E-state index contributed by atoms with van der Waals surface area (Å²) >= 11 is 11.3. The number of anilines is 1. The van der Waals surface area contributed by atoms with Crippen LogP contribution in [0.4, 0.5) is 23.2 Å². The van der Waals surface area contributed by atoms with E-state index in [1.165, 1.54) is 4.68 Å². The molecule has 1 fully saturated rings. The predicted octanol–water partition coefficient (Wildman–Crippen LogP) is 3.84. The van der Waals surface area contributed by atoms with E-state index in [2.05, 4.69) is 10.4 Å². The fourth-order valence-electron chi connectivity index (χ4n) is 3.23. The van der Waals surface area contributed by atoms with Crippen molar-refractivity contribution in [1.82, 2.24) is 14.7 Å². The lowest BCUT2D eigenvalue weighted by molar-refractivity contribution is -0.139. The molecular formula is C17H15ClF4N4OS. The number of rotatable bonds is 3. The number of benzene rings is 1. The van der Waals surface area contributed by atoms with E-state index in [0.717, 1.165) is 12.1 Å². The summed E-state index contributed by atoms with van der Waals surface area (Å²) in [5, 5.41) is 6.79. The first-order chi connectivity index (χ1) is 13.0. The third-order valence-corrected chi connectivity index (χ3v) is 5.49. The number of carbonyl (C=O) groups excluding carboxylic acids is 1. The Kier molecular flexibility index (Phi) is 5.37. The van der Waals surface area contributed by atoms with Crippen LogP contribution in [0, 0.1) is 11.7 Å². The first-order valence-electron chi connectivity index (χ1n) is 8.11. The second-order valence-electron chi connectivity index (χ2n) is 6.47. The Morgan fingerprint density at radius 1 is 1.36 bits per heavy atom. The number of amides is 1. The average molecular weight is 435 g/mol. The molecule has 2 aromatic rings. The van der Waals surface area contributed by atoms with E-state index in [1.807, 2.05) is 0 Å². The summed E-state index contributed by atoms with van der Waals surface area (Å²) in [4.78, 5) is 14.8. The third-order valence-electron chi connectivity index (χ3n) is 4.57. The highest BCUT2D eigenvalue weighted by Crippen LogP contribution is 2.39. The van der Waals surface area contributed by atoms with Gasteiger partial charge in [0.15, 0.2) is 0 Å². The van der Waals surface area contributed by atoms with Crippen molar-refractivity contribution < 1.29 is 22.4 Å². The highest BCUT2D eigenvalue weighted by molar-refractivity contribution is 7.80. The van der Waals surface area contributed by atoms with Crippen molar-refractivity contribution in [3.8, 4) is 0 Å². The maximum atomic E-state index is 13.8. The zero-order valence-electron chi connectivity index (χ0n) is 14.7. The summed E-state index contributed by atoms with van der Waals surface area (Å²) < 4.78 is 54.8. The predicted molar refractivity (Wildman–Crippen MR) is 99.7 cm³/mol. The molecule has 1 aliphatic heterocycles. The molecule has 0 aliphatic carbocycles.